The summed E-state index contributed by atoms with van der Waals surface area (Å²) in [5, 5.41) is 14.8. The number of anilines is 1. The lowest BCUT2D eigenvalue weighted by atomic mass is 9.76. The molecule has 5 heteroatoms. The largest absolute Gasteiger partial charge is 0.545 e. The van der Waals surface area contributed by atoms with E-state index in [1.165, 1.54) is 0 Å². The van der Waals surface area contributed by atoms with Crippen molar-refractivity contribution in [1.82, 2.24) is 0 Å². The van der Waals surface area contributed by atoms with E-state index in [1.54, 1.807) is 26.4 Å². The molecule has 5 nitrogen and oxygen atoms in total. The molecule has 0 bridgehead atoms. The van der Waals surface area contributed by atoms with Gasteiger partial charge in [-0.2, -0.15) is 0 Å². The first kappa shape index (κ1) is 16.5. The van der Waals surface area contributed by atoms with Gasteiger partial charge in [-0.15, -0.1) is 0 Å². The van der Waals surface area contributed by atoms with E-state index in [4.69, 9.17) is 9.47 Å². The number of fused-ring (bicyclic) bond motifs is 3. The zero-order valence-electron chi connectivity index (χ0n) is 14.7. The minimum Gasteiger partial charge on any atom is -0.545 e. The van der Waals surface area contributed by atoms with E-state index in [0.29, 0.717) is 0 Å². The summed E-state index contributed by atoms with van der Waals surface area (Å²) in [5.74, 6) is 0.877. The van der Waals surface area contributed by atoms with E-state index in [2.05, 4.69) is 17.5 Å². The molecule has 0 spiro atoms. The third-order valence-electron chi connectivity index (χ3n) is 5.37. The van der Waals surface area contributed by atoms with Crippen LogP contribution in [0.2, 0.25) is 0 Å². The topological polar surface area (TPSA) is 70.6 Å². The zero-order valence-corrected chi connectivity index (χ0v) is 14.7. The molecule has 2 aliphatic rings. The Labute approximate surface area is 152 Å². The van der Waals surface area contributed by atoms with Crippen LogP contribution in [0.4, 0.5) is 5.69 Å². The number of hydrogen-bond acceptors (Lipinski definition) is 5. The number of carbonyl (C=O) groups is 1. The van der Waals surface area contributed by atoms with Crippen molar-refractivity contribution < 1.29 is 19.4 Å². The van der Waals surface area contributed by atoms with Gasteiger partial charge in [-0.3, -0.25) is 0 Å². The predicted molar refractivity (Wildman–Crippen MR) is 96.7 cm³/mol. The van der Waals surface area contributed by atoms with Crippen molar-refractivity contribution in [3.8, 4) is 11.5 Å². The van der Waals surface area contributed by atoms with E-state index in [-0.39, 0.29) is 23.4 Å². The Kier molecular flexibility index (Phi) is 4.07. The number of benzene rings is 2. The molecule has 0 saturated heterocycles. The van der Waals surface area contributed by atoms with Gasteiger partial charge in [0.05, 0.1) is 26.2 Å². The predicted octanol–water partition coefficient (Wildman–Crippen LogP) is 2.89. The van der Waals surface area contributed by atoms with Crippen LogP contribution in [-0.4, -0.2) is 20.2 Å². The fourth-order valence-electron chi connectivity index (χ4n) is 4.11. The Morgan fingerprint density at radius 3 is 2.69 bits per heavy atom. The molecule has 0 saturated carbocycles. The molecule has 0 unspecified atom stereocenters. The number of aromatic carboxylic acids is 1. The summed E-state index contributed by atoms with van der Waals surface area (Å²) in [6.07, 6.45) is 5.25. The maximum absolute atomic E-state index is 11.2. The summed E-state index contributed by atoms with van der Waals surface area (Å²) in [7, 11) is 3.31. The third kappa shape index (κ3) is 2.60. The second-order valence-electron chi connectivity index (χ2n) is 6.67. The lowest BCUT2D eigenvalue weighted by molar-refractivity contribution is -0.255. The van der Waals surface area contributed by atoms with Gasteiger partial charge in [0.15, 0.2) is 0 Å². The number of rotatable bonds is 4. The molecule has 0 amide bonds. The summed E-state index contributed by atoms with van der Waals surface area (Å²) in [6, 6.07) is 11.0. The summed E-state index contributed by atoms with van der Waals surface area (Å²) < 4.78 is 11.0. The van der Waals surface area contributed by atoms with Gasteiger partial charge in [-0.25, -0.2) is 0 Å². The molecule has 0 radical (unpaired) electrons. The number of nitrogens with one attached hydrogen (secondary N) is 1. The van der Waals surface area contributed by atoms with Crippen LogP contribution >= 0.6 is 0 Å². The molecular weight excluding hydrogens is 330 g/mol. The lowest BCUT2D eigenvalue weighted by Gasteiger charge is -2.38. The normalized spacial score (nSPS) is 22.9. The molecule has 134 valence electrons. The molecule has 1 heterocycles. The molecule has 3 atom stereocenters. The molecule has 1 N–H and O–H groups in total. The first-order valence-corrected chi connectivity index (χ1v) is 8.62. The highest BCUT2D eigenvalue weighted by Crippen LogP contribution is 2.51. The number of hydrogen-bond donors (Lipinski definition) is 1. The van der Waals surface area contributed by atoms with Gasteiger partial charge >= 0.3 is 0 Å². The van der Waals surface area contributed by atoms with Gasteiger partial charge in [-0.05, 0) is 53.8 Å². The van der Waals surface area contributed by atoms with Crippen LogP contribution in [0.25, 0.3) is 0 Å². The van der Waals surface area contributed by atoms with Crippen molar-refractivity contribution in [2.45, 2.75) is 18.4 Å². The zero-order chi connectivity index (χ0) is 18.3. The van der Waals surface area contributed by atoms with E-state index in [1.807, 2.05) is 24.3 Å². The smallest absolute Gasteiger partial charge is 0.124 e. The Hall–Kier alpha value is -2.95. The molecule has 0 aromatic heterocycles. The molecule has 0 fully saturated rings. The Morgan fingerprint density at radius 2 is 1.96 bits per heavy atom. The van der Waals surface area contributed by atoms with Gasteiger partial charge in [0.1, 0.15) is 11.5 Å². The summed E-state index contributed by atoms with van der Waals surface area (Å²) in [5.41, 5.74) is 3.20. The minimum atomic E-state index is -1.15. The minimum absolute atomic E-state index is 0.0429. The second-order valence-corrected chi connectivity index (χ2v) is 6.67. The number of carboxylic acid groups (broad SMARTS) is 1. The highest BCUT2D eigenvalue weighted by Gasteiger charge is 2.39. The maximum atomic E-state index is 11.2. The van der Waals surface area contributed by atoms with E-state index in [9.17, 15) is 9.90 Å². The van der Waals surface area contributed by atoms with Gasteiger partial charge < -0.3 is 24.7 Å². The second kappa shape index (κ2) is 6.41. The first-order chi connectivity index (χ1) is 12.6. The standard InChI is InChI=1S/C21H21NO4/c1-25-13-7-9-19(26-2)17(11-13)20-15-5-3-4-14(15)16-10-12(21(23)24)6-8-18(16)22-20/h3-4,6-11,14-15,20,22H,5H2,1-2H3,(H,23,24)/p-1/t14-,15-,20-/m1/s1. The summed E-state index contributed by atoms with van der Waals surface area (Å²) in [4.78, 5) is 11.2. The van der Waals surface area contributed by atoms with Crippen LogP contribution in [0.15, 0.2) is 48.6 Å². The molecule has 4 rings (SSSR count). The van der Waals surface area contributed by atoms with Crippen molar-refractivity contribution in [3.63, 3.8) is 0 Å². The van der Waals surface area contributed by atoms with Crippen LogP contribution in [0.3, 0.4) is 0 Å². The van der Waals surface area contributed by atoms with E-state index < -0.39 is 5.97 Å². The Balaban J connectivity index is 1.80. The van der Waals surface area contributed by atoms with Crippen LogP contribution < -0.4 is 19.9 Å². The third-order valence-corrected chi connectivity index (χ3v) is 5.37. The fraction of sp³-hybridized carbons (Fsp3) is 0.286. The van der Waals surface area contributed by atoms with Crippen LogP contribution in [0.1, 0.15) is 39.9 Å². The number of methoxy groups -OCH3 is 2. The summed E-state index contributed by atoms with van der Waals surface area (Å²) in [6.45, 7) is 0. The first-order valence-electron chi connectivity index (χ1n) is 8.62. The molecule has 26 heavy (non-hydrogen) atoms. The van der Waals surface area contributed by atoms with Crippen LogP contribution in [-0.2, 0) is 0 Å². The van der Waals surface area contributed by atoms with Gasteiger partial charge in [0.2, 0.25) is 0 Å². The van der Waals surface area contributed by atoms with Crippen LogP contribution in [0.5, 0.6) is 11.5 Å². The monoisotopic (exact) mass is 350 g/mol. The highest BCUT2D eigenvalue weighted by atomic mass is 16.5. The Bertz CT molecular complexity index is 890. The Morgan fingerprint density at radius 1 is 1.12 bits per heavy atom. The highest BCUT2D eigenvalue weighted by molar-refractivity contribution is 5.87. The number of carbonyl (C=O) groups excluding carboxylic acids is 1. The number of allylic oxidation sites excluding steroid dienone is 2. The lowest BCUT2D eigenvalue weighted by Crippen LogP contribution is -2.30. The van der Waals surface area contributed by atoms with Gasteiger partial charge in [0.25, 0.3) is 0 Å². The van der Waals surface area contributed by atoms with Gasteiger partial charge in [0, 0.05) is 17.2 Å². The van der Waals surface area contributed by atoms with Crippen molar-refractivity contribution in [2.24, 2.45) is 5.92 Å². The van der Waals surface area contributed by atoms with Crippen LogP contribution in [0, 0.1) is 5.92 Å². The van der Waals surface area contributed by atoms with Crippen molar-refractivity contribution in [3.05, 3.63) is 65.2 Å². The average molecular weight is 350 g/mol. The van der Waals surface area contributed by atoms with Crippen molar-refractivity contribution in [1.29, 1.82) is 0 Å². The summed E-state index contributed by atoms with van der Waals surface area (Å²) >= 11 is 0. The molecule has 1 aliphatic heterocycles. The van der Waals surface area contributed by atoms with Crippen molar-refractivity contribution in [2.75, 3.05) is 19.5 Å². The maximum Gasteiger partial charge on any atom is 0.124 e. The number of carboxylic acids is 1. The number of ether oxygens (including phenoxy) is 2. The fourth-order valence-corrected chi connectivity index (χ4v) is 4.11. The van der Waals surface area contributed by atoms with Crippen molar-refractivity contribution >= 4 is 11.7 Å². The SMILES string of the molecule is COc1ccc(OC)c([C@@H]2Nc3ccc(C(=O)[O-])cc3[C@@H]3C=CC[C@H]32)c1. The molecular formula is C21H20NO4-. The van der Waals surface area contributed by atoms with E-state index in [0.717, 1.165) is 34.7 Å². The quantitative estimate of drug-likeness (QED) is 0.859. The molecule has 2 aromatic rings. The average Bonchev–Trinajstić information content (AvgIpc) is 3.16. The van der Waals surface area contributed by atoms with Gasteiger partial charge in [-0.1, -0.05) is 18.2 Å². The molecule has 1 aliphatic carbocycles. The molecule has 2 aromatic carbocycles. The van der Waals surface area contributed by atoms with E-state index >= 15 is 0 Å².